The molecule has 0 aromatic heterocycles. The molecular formula is C8H10BrClO2. The Hall–Kier alpha value is 0.110. The second-order valence-corrected chi connectivity index (χ2v) is 6.15. The van der Waals surface area contributed by atoms with Gasteiger partial charge in [-0.05, 0) is 5.41 Å². The molecule has 0 amide bonds. The van der Waals surface area contributed by atoms with Gasteiger partial charge >= 0.3 is 0 Å². The van der Waals surface area contributed by atoms with Gasteiger partial charge in [0.05, 0.1) is 0 Å². The third kappa shape index (κ3) is 1.72. The molecule has 0 N–H and O–H groups in total. The van der Waals surface area contributed by atoms with Crippen molar-refractivity contribution in [2.24, 2.45) is 5.41 Å². The van der Waals surface area contributed by atoms with Crippen LogP contribution in [0, 0.1) is 5.41 Å². The fourth-order valence-corrected chi connectivity index (χ4v) is 1.72. The summed E-state index contributed by atoms with van der Waals surface area (Å²) >= 11 is 8.66. The third-order valence-electron chi connectivity index (χ3n) is 1.98. The van der Waals surface area contributed by atoms with Gasteiger partial charge in [-0.25, -0.2) is 0 Å². The van der Waals surface area contributed by atoms with Gasteiger partial charge < -0.3 is 0 Å². The Balaban J connectivity index is 2.93. The molecular weight excluding hydrogens is 243 g/mol. The van der Waals surface area contributed by atoms with Gasteiger partial charge in [0.1, 0.15) is 0 Å². The smallest absolute Gasteiger partial charge is 0.214 e. The lowest BCUT2D eigenvalue weighted by molar-refractivity contribution is -0.133. The Labute approximate surface area is 84.8 Å². The number of hydrogen-bond donors (Lipinski definition) is 0. The van der Waals surface area contributed by atoms with E-state index >= 15 is 0 Å². The minimum absolute atomic E-state index is 0.231. The highest BCUT2D eigenvalue weighted by molar-refractivity contribution is 9.11. The minimum atomic E-state index is -1.44. The van der Waals surface area contributed by atoms with Crippen LogP contribution in [0.15, 0.2) is 0 Å². The summed E-state index contributed by atoms with van der Waals surface area (Å²) in [6.07, 6.45) is 0.709. The van der Waals surface area contributed by atoms with E-state index in [2.05, 4.69) is 15.9 Å². The van der Waals surface area contributed by atoms with Crippen molar-refractivity contribution in [1.29, 1.82) is 0 Å². The lowest BCUT2D eigenvalue weighted by Crippen LogP contribution is -2.45. The molecule has 0 aliphatic heterocycles. The maximum atomic E-state index is 11.3. The highest BCUT2D eigenvalue weighted by Gasteiger charge is 2.48. The molecule has 0 aromatic carbocycles. The number of Topliss-reactive ketones (excluding diaryl/α,β-unsaturated/α-hetero) is 2. The van der Waals surface area contributed by atoms with Gasteiger partial charge in [0.15, 0.2) is 11.6 Å². The Morgan fingerprint density at radius 1 is 1.25 bits per heavy atom. The Kier molecular flexibility index (Phi) is 2.39. The van der Waals surface area contributed by atoms with Crippen LogP contribution in [0.3, 0.4) is 0 Å². The van der Waals surface area contributed by atoms with E-state index in [0.717, 1.165) is 0 Å². The standard InChI is InChI=1S/C8H10BrClO2/c1-7(2)3-5(11)8(9,10)6(12)4-7/h3-4H2,1-2H3. The fraction of sp³-hybridized carbons (Fsp3) is 0.750. The van der Waals surface area contributed by atoms with Gasteiger partial charge in [-0.3, -0.25) is 9.59 Å². The molecule has 1 rings (SSSR count). The molecule has 1 aliphatic carbocycles. The molecule has 0 radical (unpaired) electrons. The second-order valence-electron chi connectivity index (χ2n) is 3.94. The van der Waals surface area contributed by atoms with Crippen LogP contribution in [-0.2, 0) is 9.59 Å². The first kappa shape index (κ1) is 10.2. The largest absolute Gasteiger partial charge is 0.296 e. The van der Waals surface area contributed by atoms with Gasteiger partial charge in [-0.1, -0.05) is 41.4 Å². The molecule has 1 saturated carbocycles. The lowest BCUT2D eigenvalue weighted by Gasteiger charge is -2.33. The first-order valence-electron chi connectivity index (χ1n) is 3.70. The molecule has 0 atom stereocenters. The third-order valence-corrected chi connectivity index (χ3v) is 3.28. The van der Waals surface area contributed by atoms with Crippen molar-refractivity contribution in [1.82, 2.24) is 0 Å². The highest BCUT2D eigenvalue weighted by Crippen LogP contribution is 2.41. The van der Waals surface area contributed by atoms with Gasteiger partial charge in [-0.2, -0.15) is 0 Å². The topological polar surface area (TPSA) is 34.1 Å². The van der Waals surface area contributed by atoms with Gasteiger partial charge in [0, 0.05) is 12.8 Å². The van der Waals surface area contributed by atoms with Crippen LogP contribution in [0.25, 0.3) is 0 Å². The van der Waals surface area contributed by atoms with Crippen molar-refractivity contribution < 1.29 is 9.59 Å². The van der Waals surface area contributed by atoms with Crippen LogP contribution in [-0.4, -0.2) is 15.3 Å². The van der Waals surface area contributed by atoms with Crippen molar-refractivity contribution in [2.45, 2.75) is 30.5 Å². The number of rotatable bonds is 0. The van der Waals surface area contributed by atoms with Crippen LogP contribution >= 0.6 is 27.5 Å². The van der Waals surface area contributed by atoms with E-state index in [1.165, 1.54) is 0 Å². The van der Waals surface area contributed by atoms with E-state index in [1.54, 1.807) is 0 Å². The van der Waals surface area contributed by atoms with Gasteiger partial charge in [0.2, 0.25) is 3.78 Å². The van der Waals surface area contributed by atoms with Crippen LogP contribution in [0.4, 0.5) is 0 Å². The molecule has 1 fully saturated rings. The van der Waals surface area contributed by atoms with Crippen molar-refractivity contribution in [3.63, 3.8) is 0 Å². The number of halogens is 2. The zero-order valence-electron chi connectivity index (χ0n) is 6.99. The Bertz CT molecular complexity index is 223. The highest BCUT2D eigenvalue weighted by atomic mass is 79.9. The molecule has 0 saturated heterocycles. The summed E-state index contributed by atoms with van der Waals surface area (Å²) in [5.74, 6) is -0.462. The Morgan fingerprint density at radius 2 is 1.58 bits per heavy atom. The van der Waals surface area contributed by atoms with Gasteiger partial charge in [0.25, 0.3) is 0 Å². The molecule has 2 nitrogen and oxygen atoms in total. The molecule has 0 spiro atoms. The van der Waals surface area contributed by atoms with E-state index in [1.807, 2.05) is 13.8 Å². The first-order valence-corrected chi connectivity index (χ1v) is 4.87. The molecule has 0 bridgehead atoms. The molecule has 0 heterocycles. The zero-order valence-corrected chi connectivity index (χ0v) is 9.33. The van der Waals surface area contributed by atoms with E-state index in [9.17, 15) is 9.59 Å². The van der Waals surface area contributed by atoms with Crippen LogP contribution in [0.2, 0.25) is 0 Å². The summed E-state index contributed by atoms with van der Waals surface area (Å²) in [7, 11) is 0. The first-order chi connectivity index (χ1) is 5.26. The fourth-order valence-electron chi connectivity index (χ4n) is 1.31. The number of alkyl halides is 2. The number of hydrogen-bond acceptors (Lipinski definition) is 2. The summed E-state index contributed by atoms with van der Waals surface area (Å²) in [5.41, 5.74) is -0.236. The predicted octanol–water partition coefficient (Wildman–Crippen LogP) is 2.27. The van der Waals surface area contributed by atoms with E-state index < -0.39 is 3.78 Å². The predicted molar refractivity (Wildman–Crippen MR) is 50.5 cm³/mol. The van der Waals surface area contributed by atoms with Crippen LogP contribution in [0.5, 0.6) is 0 Å². The summed E-state index contributed by atoms with van der Waals surface area (Å²) in [4.78, 5) is 22.7. The van der Waals surface area contributed by atoms with Gasteiger partial charge in [-0.15, -0.1) is 0 Å². The summed E-state index contributed by atoms with van der Waals surface area (Å²) in [6.45, 7) is 3.78. The van der Waals surface area contributed by atoms with E-state index in [-0.39, 0.29) is 17.0 Å². The summed E-state index contributed by atoms with van der Waals surface area (Å²) in [5, 5.41) is 0. The maximum Gasteiger partial charge on any atom is 0.214 e. The quantitative estimate of drug-likeness (QED) is 0.490. The minimum Gasteiger partial charge on any atom is -0.296 e. The molecule has 0 unspecified atom stereocenters. The molecule has 0 aromatic rings. The maximum absolute atomic E-state index is 11.3. The molecule has 1 aliphatic rings. The number of ketones is 2. The van der Waals surface area contributed by atoms with E-state index in [4.69, 9.17) is 11.6 Å². The average molecular weight is 254 g/mol. The van der Waals surface area contributed by atoms with E-state index in [0.29, 0.717) is 12.8 Å². The molecule has 4 heteroatoms. The van der Waals surface area contributed by atoms with Crippen molar-refractivity contribution in [3.8, 4) is 0 Å². The number of carbonyl (C=O) groups excluding carboxylic acids is 2. The van der Waals surface area contributed by atoms with Crippen molar-refractivity contribution in [2.75, 3.05) is 0 Å². The average Bonchev–Trinajstić information content (AvgIpc) is 1.82. The summed E-state index contributed by atoms with van der Waals surface area (Å²) in [6, 6.07) is 0. The van der Waals surface area contributed by atoms with Crippen LogP contribution in [0.1, 0.15) is 26.7 Å². The number of carbonyl (C=O) groups is 2. The SMILES string of the molecule is CC1(C)CC(=O)C(Cl)(Br)C(=O)C1. The van der Waals surface area contributed by atoms with Crippen molar-refractivity contribution in [3.05, 3.63) is 0 Å². The zero-order chi connectivity index (χ0) is 9.57. The van der Waals surface area contributed by atoms with Crippen LogP contribution < -0.4 is 0 Å². The Morgan fingerprint density at radius 3 is 1.92 bits per heavy atom. The summed E-state index contributed by atoms with van der Waals surface area (Å²) < 4.78 is -1.44. The lowest BCUT2D eigenvalue weighted by atomic mass is 9.76. The van der Waals surface area contributed by atoms with Crippen molar-refractivity contribution >= 4 is 39.1 Å². The second kappa shape index (κ2) is 2.81. The molecule has 68 valence electrons. The normalized spacial score (nSPS) is 27.3. The monoisotopic (exact) mass is 252 g/mol. The molecule has 12 heavy (non-hydrogen) atoms.